The lowest BCUT2D eigenvalue weighted by molar-refractivity contribution is 0.381. The third-order valence-corrected chi connectivity index (χ3v) is 5.90. The van der Waals surface area contributed by atoms with E-state index in [0.29, 0.717) is 0 Å². The van der Waals surface area contributed by atoms with E-state index in [0.717, 1.165) is 12.3 Å². The van der Waals surface area contributed by atoms with Crippen LogP contribution < -0.4 is 0 Å². The zero-order valence-corrected chi connectivity index (χ0v) is 16.8. The van der Waals surface area contributed by atoms with Crippen LogP contribution in [0.3, 0.4) is 0 Å². The predicted octanol–water partition coefficient (Wildman–Crippen LogP) is 7.78. The molecule has 0 spiro atoms. The second kappa shape index (κ2) is 10.6. The van der Waals surface area contributed by atoms with E-state index in [9.17, 15) is 0 Å². The highest BCUT2D eigenvalue weighted by Crippen LogP contribution is 2.39. The van der Waals surface area contributed by atoms with Crippen molar-refractivity contribution in [2.24, 2.45) is 5.92 Å². The number of rotatable bonds is 11. The summed E-state index contributed by atoms with van der Waals surface area (Å²) < 4.78 is 0. The van der Waals surface area contributed by atoms with E-state index < -0.39 is 0 Å². The molecule has 0 heterocycles. The predicted molar refractivity (Wildman–Crippen MR) is 112 cm³/mol. The molecule has 1 aliphatic carbocycles. The molecule has 0 aliphatic heterocycles. The molecule has 1 aromatic rings. The number of unbranched alkanes of at least 4 members (excludes halogenated alkanes) is 5. The lowest BCUT2D eigenvalue weighted by atomic mass is 9.69. The Morgan fingerprint density at radius 3 is 2.28 bits per heavy atom. The maximum Gasteiger partial charge on any atom is 0.0172 e. The Morgan fingerprint density at radius 1 is 0.920 bits per heavy atom. The summed E-state index contributed by atoms with van der Waals surface area (Å²) in [6.45, 7) is 6.98. The van der Waals surface area contributed by atoms with Crippen LogP contribution in [0.4, 0.5) is 0 Å². The van der Waals surface area contributed by atoms with Gasteiger partial charge in [-0.3, -0.25) is 0 Å². The molecule has 0 saturated carbocycles. The molecule has 0 N–H and O–H groups in total. The van der Waals surface area contributed by atoms with Crippen molar-refractivity contribution in [3.63, 3.8) is 0 Å². The van der Waals surface area contributed by atoms with Crippen LogP contribution in [0.15, 0.2) is 48.6 Å². The van der Waals surface area contributed by atoms with Gasteiger partial charge in [-0.1, -0.05) is 108 Å². The van der Waals surface area contributed by atoms with Gasteiger partial charge in [0.25, 0.3) is 0 Å². The van der Waals surface area contributed by atoms with Crippen LogP contribution in [-0.2, 0) is 11.8 Å². The number of hydrogen-bond donors (Lipinski definition) is 0. The molecule has 2 rings (SSSR count). The normalized spacial score (nSPS) is 20.8. The van der Waals surface area contributed by atoms with Crippen LogP contribution in [-0.4, -0.2) is 0 Å². The summed E-state index contributed by atoms with van der Waals surface area (Å²) in [5.74, 6) is 0.763. The van der Waals surface area contributed by atoms with Gasteiger partial charge in [0.15, 0.2) is 0 Å². The molecule has 25 heavy (non-hydrogen) atoms. The molecule has 1 aliphatic rings. The van der Waals surface area contributed by atoms with Crippen molar-refractivity contribution in [1.29, 1.82) is 0 Å². The van der Waals surface area contributed by atoms with Crippen LogP contribution in [0.1, 0.15) is 89.7 Å². The van der Waals surface area contributed by atoms with Gasteiger partial charge < -0.3 is 0 Å². The minimum atomic E-state index is 0.211. The Kier molecular flexibility index (Phi) is 8.52. The summed E-state index contributed by atoms with van der Waals surface area (Å²) in [7, 11) is 0. The number of hydrogen-bond acceptors (Lipinski definition) is 0. The molecular weight excluding hydrogens is 300 g/mol. The summed E-state index contributed by atoms with van der Waals surface area (Å²) in [5.41, 5.74) is 3.22. The Hall–Kier alpha value is -1.30. The first-order chi connectivity index (χ1) is 12.2. The first-order valence-corrected chi connectivity index (χ1v) is 10.6. The largest absolute Gasteiger partial charge is 0.0833 e. The molecule has 1 aromatic carbocycles. The van der Waals surface area contributed by atoms with Gasteiger partial charge in [0.1, 0.15) is 0 Å². The molecule has 0 amide bonds. The Bertz CT molecular complexity index is 534. The summed E-state index contributed by atoms with van der Waals surface area (Å²) >= 11 is 0. The van der Waals surface area contributed by atoms with E-state index in [1.54, 1.807) is 0 Å². The van der Waals surface area contributed by atoms with E-state index in [1.807, 2.05) is 0 Å². The van der Waals surface area contributed by atoms with E-state index in [2.05, 4.69) is 69.3 Å². The molecule has 0 saturated heterocycles. The van der Waals surface area contributed by atoms with Crippen molar-refractivity contribution in [2.75, 3.05) is 0 Å². The van der Waals surface area contributed by atoms with Crippen LogP contribution in [0, 0.1) is 5.92 Å². The van der Waals surface area contributed by atoms with Gasteiger partial charge in [0.2, 0.25) is 0 Å². The number of benzene rings is 1. The molecule has 0 bridgehead atoms. The Labute approximate surface area is 156 Å². The van der Waals surface area contributed by atoms with Crippen molar-refractivity contribution in [2.45, 2.75) is 90.4 Å². The quantitative estimate of drug-likeness (QED) is 0.361. The summed E-state index contributed by atoms with van der Waals surface area (Å²) in [5, 5.41) is 0. The molecule has 0 radical (unpaired) electrons. The maximum absolute atomic E-state index is 2.45. The van der Waals surface area contributed by atoms with Gasteiger partial charge in [0, 0.05) is 5.41 Å². The van der Waals surface area contributed by atoms with Gasteiger partial charge in [0.05, 0.1) is 0 Å². The van der Waals surface area contributed by atoms with E-state index in [1.165, 1.54) is 68.9 Å². The standard InChI is InChI=1S/C25H38/c1-4-6-7-8-9-11-14-23-15-17-24(18-16-23)25(21-22(3)5-2)19-12-10-13-20-25/h10,12-13,15-19,22H,4-9,11,14,20-21H2,1-3H3. The molecule has 0 nitrogen and oxygen atoms in total. The second-order valence-electron chi connectivity index (χ2n) is 8.08. The average molecular weight is 339 g/mol. The Balaban J connectivity index is 1.94. The first-order valence-electron chi connectivity index (χ1n) is 10.6. The lowest BCUT2D eigenvalue weighted by Gasteiger charge is -2.34. The lowest BCUT2D eigenvalue weighted by Crippen LogP contribution is -2.26. The maximum atomic E-state index is 2.45. The molecule has 0 aromatic heterocycles. The molecule has 0 heteroatoms. The van der Waals surface area contributed by atoms with Crippen LogP contribution in [0.5, 0.6) is 0 Å². The number of allylic oxidation sites excluding steroid dienone is 4. The zero-order chi connectivity index (χ0) is 18.0. The van der Waals surface area contributed by atoms with Crippen LogP contribution in [0.25, 0.3) is 0 Å². The molecular formula is C25H38. The fourth-order valence-electron chi connectivity index (χ4n) is 4.03. The fourth-order valence-corrected chi connectivity index (χ4v) is 4.03. The Morgan fingerprint density at radius 2 is 1.64 bits per heavy atom. The fraction of sp³-hybridized carbons (Fsp3) is 0.600. The van der Waals surface area contributed by atoms with E-state index in [-0.39, 0.29) is 5.41 Å². The highest BCUT2D eigenvalue weighted by Gasteiger charge is 2.30. The molecule has 0 fully saturated rings. The van der Waals surface area contributed by atoms with Gasteiger partial charge in [-0.05, 0) is 42.7 Å². The molecule has 2 atom stereocenters. The third-order valence-electron chi connectivity index (χ3n) is 5.90. The average Bonchev–Trinajstić information content (AvgIpc) is 2.65. The van der Waals surface area contributed by atoms with Gasteiger partial charge >= 0.3 is 0 Å². The highest BCUT2D eigenvalue weighted by molar-refractivity contribution is 5.37. The third kappa shape index (κ3) is 6.17. The molecule has 2 unspecified atom stereocenters. The van der Waals surface area contributed by atoms with Crippen molar-refractivity contribution in [1.82, 2.24) is 0 Å². The smallest absolute Gasteiger partial charge is 0.0172 e. The minimum Gasteiger partial charge on any atom is -0.0833 e. The van der Waals surface area contributed by atoms with Crippen molar-refractivity contribution < 1.29 is 0 Å². The first kappa shape index (κ1) is 20.0. The summed E-state index contributed by atoms with van der Waals surface area (Å²) in [6, 6.07) is 9.56. The molecule has 138 valence electrons. The van der Waals surface area contributed by atoms with Gasteiger partial charge in [-0.25, -0.2) is 0 Å². The highest BCUT2D eigenvalue weighted by atomic mass is 14.3. The van der Waals surface area contributed by atoms with Crippen molar-refractivity contribution >= 4 is 0 Å². The van der Waals surface area contributed by atoms with E-state index in [4.69, 9.17) is 0 Å². The van der Waals surface area contributed by atoms with Crippen LogP contribution >= 0.6 is 0 Å². The van der Waals surface area contributed by atoms with Gasteiger partial charge in [-0.2, -0.15) is 0 Å². The van der Waals surface area contributed by atoms with Gasteiger partial charge in [-0.15, -0.1) is 0 Å². The summed E-state index contributed by atoms with van der Waals surface area (Å²) in [6.07, 6.45) is 22.4. The van der Waals surface area contributed by atoms with Crippen molar-refractivity contribution in [3.05, 3.63) is 59.7 Å². The van der Waals surface area contributed by atoms with Crippen molar-refractivity contribution in [3.8, 4) is 0 Å². The second-order valence-corrected chi connectivity index (χ2v) is 8.08. The minimum absolute atomic E-state index is 0.211. The SMILES string of the molecule is CCCCCCCCc1ccc(C2(CC(C)CC)C=CC=CC2)cc1. The zero-order valence-electron chi connectivity index (χ0n) is 16.8. The summed E-state index contributed by atoms with van der Waals surface area (Å²) in [4.78, 5) is 0. The van der Waals surface area contributed by atoms with Crippen LogP contribution in [0.2, 0.25) is 0 Å². The van der Waals surface area contributed by atoms with E-state index >= 15 is 0 Å². The topological polar surface area (TPSA) is 0 Å². The number of aryl methyl sites for hydroxylation is 1. The monoisotopic (exact) mass is 338 g/mol.